The number of hydrogen-bond acceptors (Lipinski definition) is 1. The van der Waals surface area contributed by atoms with Crippen molar-refractivity contribution in [1.82, 2.24) is 10.2 Å². The molecule has 1 rings (SSSR count). The van der Waals surface area contributed by atoms with Gasteiger partial charge in [0.2, 0.25) is 0 Å². The third-order valence-electron chi connectivity index (χ3n) is 1.05. The lowest BCUT2D eigenvalue weighted by atomic mass is 10.5. The molecule has 0 saturated carbocycles. The van der Waals surface area contributed by atoms with Gasteiger partial charge in [0.1, 0.15) is 0 Å². The number of nitrogens with one attached hydrogen (secondary N) is 1. The number of rotatable bonds is 0. The molecule has 10 heavy (non-hydrogen) atoms. The minimum atomic E-state index is -0.0347. The van der Waals surface area contributed by atoms with Crippen molar-refractivity contribution in [2.45, 2.75) is 13.8 Å². The summed E-state index contributed by atoms with van der Waals surface area (Å²) in [7, 11) is 1.75. The van der Waals surface area contributed by atoms with E-state index in [-0.39, 0.29) is 6.03 Å². The van der Waals surface area contributed by atoms with Crippen molar-refractivity contribution in [2.75, 3.05) is 13.6 Å². The first-order valence-electron chi connectivity index (χ1n) is 3.47. The van der Waals surface area contributed by atoms with Gasteiger partial charge in [-0.05, 0) is 6.08 Å². The summed E-state index contributed by atoms with van der Waals surface area (Å²) < 4.78 is 0. The van der Waals surface area contributed by atoms with Crippen molar-refractivity contribution in [3.8, 4) is 0 Å². The standard InChI is InChI=1S/C5H8N2O.C2H6/c1-7-4-2-3-6-5(7)8;1-2/h2-3H,4H2,1H3,(H,6,8);1-2H3. The van der Waals surface area contributed by atoms with Crippen LogP contribution >= 0.6 is 0 Å². The summed E-state index contributed by atoms with van der Waals surface area (Å²) in [5.74, 6) is 0. The molecule has 0 spiro atoms. The maximum Gasteiger partial charge on any atom is 0.321 e. The molecule has 0 bridgehead atoms. The summed E-state index contributed by atoms with van der Waals surface area (Å²) >= 11 is 0. The Bertz CT molecular complexity index is 132. The van der Waals surface area contributed by atoms with Gasteiger partial charge in [-0.2, -0.15) is 0 Å². The second-order valence-corrected chi connectivity index (χ2v) is 1.73. The Morgan fingerprint density at radius 3 is 2.50 bits per heavy atom. The molecule has 0 fully saturated rings. The lowest BCUT2D eigenvalue weighted by molar-refractivity contribution is 0.214. The number of urea groups is 1. The predicted octanol–water partition coefficient (Wildman–Crippen LogP) is 1.18. The molecule has 0 aromatic rings. The quantitative estimate of drug-likeness (QED) is 0.541. The smallest absolute Gasteiger partial charge is 0.321 e. The van der Waals surface area contributed by atoms with E-state index >= 15 is 0 Å². The Kier molecular flexibility index (Phi) is 4.37. The number of carbonyl (C=O) groups is 1. The van der Waals surface area contributed by atoms with E-state index in [0.29, 0.717) is 6.54 Å². The van der Waals surface area contributed by atoms with Gasteiger partial charge >= 0.3 is 6.03 Å². The Morgan fingerprint density at radius 2 is 2.20 bits per heavy atom. The number of amides is 2. The lowest BCUT2D eigenvalue weighted by Gasteiger charge is -2.17. The molecule has 3 nitrogen and oxygen atoms in total. The van der Waals surface area contributed by atoms with Gasteiger partial charge in [-0.25, -0.2) is 4.79 Å². The van der Waals surface area contributed by atoms with Gasteiger partial charge < -0.3 is 10.2 Å². The number of hydrogen-bond donors (Lipinski definition) is 1. The first-order chi connectivity index (χ1) is 4.80. The van der Waals surface area contributed by atoms with Crippen LogP contribution in [0.1, 0.15) is 13.8 Å². The Morgan fingerprint density at radius 1 is 1.60 bits per heavy atom. The van der Waals surface area contributed by atoms with Crippen molar-refractivity contribution in [3.05, 3.63) is 12.3 Å². The summed E-state index contributed by atoms with van der Waals surface area (Å²) in [6, 6.07) is -0.0347. The second-order valence-electron chi connectivity index (χ2n) is 1.73. The maximum atomic E-state index is 10.6. The maximum absolute atomic E-state index is 10.6. The van der Waals surface area contributed by atoms with E-state index < -0.39 is 0 Å². The highest BCUT2D eigenvalue weighted by Crippen LogP contribution is 1.89. The SMILES string of the molecule is CC.CN1CC=CNC1=O. The van der Waals surface area contributed by atoms with Crippen LogP contribution in [0.3, 0.4) is 0 Å². The van der Waals surface area contributed by atoms with E-state index in [1.807, 2.05) is 19.9 Å². The minimum Gasteiger partial charge on any atom is -0.324 e. The average molecular weight is 142 g/mol. The molecule has 1 N–H and O–H groups in total. The van der Waals surface area contributed by atoms with Crippen LogP contribution in [0, 0.1) is 0 Å². The fourth-order valence-electron chi connectivity index (χ4n) is 0.534. The van der Waals surface area contributed by atoms with Gasteiger partial charge in [-0.3, -0.25) is 0 Å². The third kappa shape index (κ3) is 2.53. The monoisotopic (exact) mass is 142 g/mol. The molecule has 1 aliphatic rings. The van der Waals surface area contributed by atoms with Crippen LogP contribution in [0.25, 0.3) is 0 Å². The van der Waals surface area contributed by atoms with E-state index in [0.717, 1.165) is 0 Å². The van der Waals surface area contributed by atoms with E-state index in [9.17, 15) is 4.79 Å². The van der Waals surface area contributed by atoms with Crippen LogP contribution in [0.4, 0.5) is 4.79 Å². The van der Waals surface area contributed by atoms with Crippen LogP contribution in [0.2, 0.25) is 0 Å². The molecule has 0 aromatic heterocycles. The lowest BCUT2D eigenvalue weighted by Crippen LogP contribution is -2.37. The summed E-state index contributed by atoms with van der Waals surface area (Å²) in [5, 5.41) is 2.54. The van der Waals surface area contributed by atoms with Gasteiger partial charge in [0, 0.05) is 19.8 Å². The highest BCUT2D eigenvalue weighted by atomic mass is 16.2. The van der Waals surface area contributed by atoms with Crippen LogP contribution in [-0.4, -0.2) is 24.5 Å². The van der Waals surface area contributed by atoms with Crippen molar-refractivity contribution in [2.24, 2.45) is 0 Å². The molecule has 58 valence electrons. The Labute approximate surface area is 61.7 Å². The number of nitrogens with zero attached hydrogens (tertiary/aromatic N) is 1. The first-order valence-corrected chi connectivity index (χ1v) is 3.47. The zero-order valence-electron chi connectivity index (χ0n) is 6.72. The molecule has 0 aromatic carbocycles. The molecular formula is C7H14N2O. The van der Waals surface area contributed by atoms with E-state index in [1.165, 1.54) is 0 Å². The van der Waals surface area contributed by atoms with Crippen molar-refractivity contribution in [1.29, 1.82) is 0 Å². The second kappa shape index (κ2) is 4.85. The molecule has 1 heterocycles. The van der Waals surface area contributed by atoms with E-state index in [4.69, 9.17) is 0 Å². The number of carbonyl (C=O) groups excluding carboxylic acids is 1. The van der Waals surface area contributed by atoms with Gasteiger partial charge in [0.15, 0.2) is 0 Å². The van der Waals surface area contributed by atoms with Gasteiger partial charge in [-0.15, -0.1) is 0 Å². The molecule has 0 saturated heterocycles. The largest absolute Gasteiger partial charge is 0.324 e. The fourth-order valence-corrected chi connectivity index (χ4v) is 0.534. The first kappa shape index (κ1) is 9.01. The predicted molar refractivity (Wildman–Crippen MR) is 41.6 cm³/mol. The Hall–Kier alpha value is -0.990. The van der Waals surface area contributed by atoms with Crippen molar-refractivity contribution < 1.29 is 4.79 Å². The molecular weight excluding hydrogens is 128 g/mol. The van der Waals surface area contributed by atoms with Gasteiger partial charge in [0.05, 0.1) is 0 Å². The van der Waals surface area contributed by atoms with Crippen LogP contribution in [0.15, 0.2) is 12.3 Å². The molecule has 0 aliphatic carbocycles. The molecule has 0 atom stereocenters. The van der Waals surface area contributed by atoms with Crippen LogP contribution in [-0.2, 0) is 0 Å². The molecule has 2 amide bonds. The van der Waals surface area contributed by atoms with Gasteiger partial charge in [0.25, 0.3) is 0 Å². The highest BCUT2D eigenvalue weighted by Gasteiger charge is 2.06. The zero-order valence-corrected chi connectivity index (χ0v) is 6.72. The number of likely N-dealkylation sites (N-methyl/N-ethyl adjacent to an activating group) is 1. The van der Waals surface area contributed by atoms with E-state index in [2.05, 4.69) is 5.32 Å². The van der Waals surface area contributed by atoms with Crippen molar-refractivity contribution in [3.63, 3.8) is 0 Å². The molecule has 0 unspecified atom stereocenters. The molecule has 1 aliphatic heterocycles. The highest BCUT2D eigenvalue weighted by molar-refractivity contribution is 5.75. The van der Waals surface area contributed by atoms with Gasteiger partial charge in [-0.1, -0.05) is 13.8 Å². The summed E-state index contributed by atoms with van der Waals surface area (Å²) in [4.78, 5) is 12.2. The molecule has 0 radical (unpaired) electrons. The van der Waals surface area contributed by atoms with E-state index in [1.54, 1.807) is 18.1 Å². The van der Waals surface area contributed by atoms with Crippen molar-refractivity contribution >= 4 is 6.03 Å². The summed E-state index contributed by atoms with van der Waals surface area (Å²) in [6.07, 6.45) is 3.55. The molecule has 3 heteroatoms. The third-order valence-corrected chi connectivity index (χ3v) is 1.05. The van der Waals surface area contributed by atoms with Crippen LogP contribution in [0.5, 0.6) is 0 Å². The Balaban J connectivity index is 0.000000371. The normalized spacial score (nSPS) is 15.5. The topological polar surface area (TPSA) is 32.3 Å². The summed E-state index contributed by atoms with van der Waals surface area (Å²) in [5.41, 5.74) is 0. The summed E-state index contributed by atoms with van der Waals surface area (Å²) in [6.45, 7) is 4.71. The minimum absolute atomic E-state index is 0.0347. The fraction of sp³-hybridized carbons (Fsp3) is 0.571. The average Bonchev–Trinajstić information content (AvgIpc) is 2.00. The van der Waals surface area contributed by atoms with Crippen LogP contribution < -0.4 is 5.32 Å². The zero-order chi connectivity index (χ0) is 7.98.